The molecule has 1 aromatic heterocycles. The quantitative estimate of drug-likeness (QED) is 0.841. The van der Waals surface area contributed by atoms with Gasteiger partial charge in [-0.3, -0.25) is 4.79 Å². The second-order valence-corrected chi connectivity index (χ2v) is 7.22. The van der Waals surface area contributed by atoms with Crippen LogP contribution in [0.5, 0.6) is 0 Å². The SMILES string of the molecule is Cc1ccc(Cn2nc(C)c(C(=O)N3C[C@H](C)O[C@@H](C)C3)c2Cl)cc1. The second kappa shape index (κ2) is 7.18. The number of amides is 1. The molecule has 0 unspecified atom stereocenters. The molecule has 1 aliphatic rings. The summed E-state index contributed by atoms with van der Waals surface area (Å²) in [6, 6.07) is 8.22. The fraction of sp³-hybridized carbons (Fsp3) is 0.474. The highest BCUT2D eigenvalue weighted by Gasteiger charge is 2.30. The molecule has 1 aliphatic heterocycles. The van der Waals surface area contributed by atoms with Gasteiger partial charge >= 0.3 is 0 Å². The Morgan fingerprint density at radius 3 is 2.40 bits per heavy atom. The number of ether oxygens (including phenoxy) is 1. The normalized spacial score (nSPS) is 20.8. The predicted octanol–water partition coefficient (Wildman–Crippen LogP) is 3.45. The molecule has 1 fully saturated rings. The summed E-state index contributed by atoms with van der Waals surface area (Å²) < 4.78 is 7.41. The van der Waals surface area contributed by atoms with Crippen molar-refractivity contribution in [3.8, 4) is 0 Å². The summed E-state index contributed by atoms with van der Waals surface area (Å²) in [4.78, 5) is 14.8. The van der Waals surface area contributed by atoms with Gasteiger partial charge in [-0.25, -0.2) is 4.68 Å². The maximum absolute atomic E-state index is 13.0. The molecule has 2 heterocycles. The lowest BCUT2D eigenvalue weighted by atomic mass is 10.1. The molecule has 2 aromatic rings. The zero-order valence-electron chi connectivity index (χ0n) is 15.1. The summed E-state index contributed by atoms with van der Waals surface area (Å²) in [5.74, 6) is -0.0698. The van der Waals surface area contributed by atoms with Crippen LogP contribution in [0.4, 0.5) is 0 Å². The van der Waals surface area contributed by atoms with E-state index in [1.54, 1.807) is 4.68 Å². The zero-order valence-corrected chi connectivity index (χ0v) is 15.9. The van der Waals surface area contributed by atoms with Crippen LogP contribution in [0.2, 0.25) is 5.15 Å². The van der Waals surface area contributed by atoms with Gasteiger partial charge in [0.15, 0.2) is 0 Å². The Labute approximate surface area is 153 Å². The number of hydrogen-bond acceptors (Lipinski definition) is 3. The molecule has 0 aliphatic carbocycles. The minimum absolute atomic E-state index is 0.0226. The third kappa shape index (κ3) is 3.88. The summed E-state index contributed by atoms with van der Waals surface area (Å²) in [6.07, 6.45) is 0.0452. The maximum Gasteiger partial charge on any atom is 0.259 e. The van der Waals surface area contributed by atoms with E-state index in [1.165, 1.54) is 5.56 Å². The van der Waals surface area contributed by atoms with Crippen LogP contribution < -0.4 is 0 Å². The third-order valence-corrected chi connectivity index (χ3v) is 4.82. The fourth-order valence-electron chi connectivity index (χ4n) is 3.27. The highest BCUT2D eigenvalue weighted by atomic mass is 35.5. The summed E-state index contributed by atoms with van der Waals surface area (Å²) in [5.41, 5.74) is 3.46. The number of benzene rings is 1. The van der Waals surface area contributed by atoms with Crippen molar-refractivity contribution in [2.75, 3.05) is 13.1 Å². The first-order chi connectivity index (χ1) is 11.8. The van der Waals surface area contributed by atoms with Crippen LogP contribution >= 0.6 is 11.6 Å². The van der Waals surface area contributed by atoms with E-state index < -0.39 is 0 Å². The van der Waals surface area contributed by atoms with Gasteiger partial charge < -0.3 is 9.64 Å². The Morgan fingerprint density at radius 1 is 1.20 bits per heavy atom. The van der Waals surface area contributed by atoms with Gasteiger partial charge in [-0.2, -0.15) is 5.10 Å². The number of rotatable bonds is 3. The Hall–Kier alpha value is -1.85. The number of nitrogens with zero attached hydrogens (tertiary/aromatic N) is 3. The van der Waals surface area contributed by atoms with Crippen molar-refractivity contribution >= 4 is 17.5 Å². The van der Waals surface area contributed by atoms with Gasteiger partial charge in [-0.1, -0.05) is 41.4 Å². The van der Waals surface area contributed by atoms with Crippen LogP contribution in [0.25, 0.3) is 0 Å². The lowest BCUT2D eigenvalue weighted by Gasteiger charge is -2.35. The van der Waals surface area contributed by atoms with Crippen LogP contribution in [-0.4, -0.2) is 45.9 Å². The molecular weight excluding hydrogens is 338 g/mol. The smallest absolute Gasteiger partial charge is 0.259 e. The van der Waals surface area contributed by atoms with Crippen LogP contribution in [0.1, 0.15) is 41.0 Å². The van der Waals surface area contributed by atoms with Crippen molar-refractivity contribution in [2.45, 2.75) is 46.4 Å². The van der Waals surface area contributed by atoms with Gasteiger partial charge in [-0.05, 0) is 33.3 Å². The number of carbonyl (C=O) groups excluding carboxylic acids is 1. The number of carbonyl (C=O) groups is 1. The average Bonchev–Trinajstić information content (AvgIpc) is 2.82. The summed E-state index contributed by atoms with van der Waals surface area (Å²) in [7, 11) is 0. The van der Waals surface area contributed by atoms with E-state index in [0.717, 1.165) is 5.56 Å². The van der Waals surface area contributed by atoms with Gasteiger partial charge in [-0.15, -0.1) is 0 Å². The van der Waals surface area contributed by atoms with E-state index in [1.807, 2.05) is 25.7 Å². The van der Waals surface area contributed by atoms with Crippen molar-refractivity contribution in [1.82, 2.24) is 14.7 Å². The van der Waals surface area contributed by atoms with Gasteiger partial charge in [0.05, 0.1) is 30.0 Å². The van der Waals surface area contributed by atoms with Crippen molar-refractivity contribution in [3.05, 3.63) is 51.8 Å². The first-order valence-electron chi connectivity index (χ1n) is 8.58. The Balaban J connectivity index is 1.84. The molecule has 0 N–H and O–H groups in total. The Morgan fingerprint density at radius 2 is 1.80 bits per heavy atom. The maximum atomic E-state index is 13.0. The van der Waals surface area contributed by atoms with E-state index in [9.17, 15) is 4.79 Å². The molecule has 134 valence electrons. The predicted molar refractivity (Wildman–Crippen MR) is 98.2 cm³/mol. The van der Waals surface area contributed by atoms with E-state index in [-0.39, 0.29) is 18.1 Å². The molecule has 2 atom stereocenters. The lowest BCUT2D eigenvalue weighted by Crippen LogP contribution is -2.48. The van der Waals surface area contributed by atoms with Crippen molar-refractivity contribution < 1.29 is 9.53 Å². The Bertz CT molecular complexity index is 760. The summed E-state index contributed by atoms with van der Waals surface area (Å²) >= 11 is 6.52. The van der Waals surface area contributed by atoms with Crippen LogP contribution in [-0.2, 0) is 11.3 Å². The summed E-state index contributed by atoms with van der Waals surface area (Å²) in [5, 5.41) is 4.89. The number of hydrogen-bond donors (Lipinski definition) is 0. The lowest BCUT2D eigenvalue weighted by molar-refractivity contribution is -0.0586. The molecule has 1 aromatic carbocycles. The molecule has 0 bridgehead atoms. The minimum atomic E-state index is -0.0698. The standard InChI is InChI=1S/C19H24ClN3O2/c1-12-5-7-16(8-6-12)11-23-18(20)17(15(4)21-23)19(24)22-9-13(2)25-14(3)10-22/h5-8,13-14H,9-11H2,1-4H3/t13-,14-/m0/s1. The molecule has 5 nitrogen and oxygen atoms in total. The van der Waals surface area contributed by atoms with E-state index in [2.05, 4.69) is 36.3 Å². The largest absolute Gasteiger partial charge is 0.372 e. The molecule has 0 radical (unpaired) electrons. The third-order valence-electron chi connectivity index (χ3n) is 4.44. The number of halogens is 1. The van der Waals surface area contributed by atoms with Gasteiger partial charge in [0.25, 0.3) is 5.91 Å². The van der Waals surface area contributed by atoms with E-state index in [4.69, 9.17) is 16.3 Å². The van der Waals surface area contributed by atoms with E-state index in [0.29, 0.717) is 36.0 Å². The number of aryl methyl sites for hydroxylation is 2. The molecular formula is C19H24ClN3O2. The first-order valence-corrected chi connectivity index (χ1v) is 8.96. The monoisotopic (exact) mass is 361 g/mol. The minimum Gasteiger partial charge on any atom is -0.372 e. The molecule has 0 saturated carbocycles. The molecule has 3 rings (SSSR count). The highest BCUT2D eigenvalue weighted by molar-refractivity contribution is 6.33. The highest BCUT2D eigenvalue weighted by Crippen LogP contribution is 2.24. The average molecular weight is 362 g/mol. The molecule has 0 spiro atoms. The van der Waals surface area contributed by atoms with Crippen molar-refractivity contribution in [1.29, 1.82) is 0 Å². The van der Waals surface area contributed by atoms with Gasteiger partial charge in [0, 0.05) is 13.1 Å². The Kier molecular flexibility index (Phi) is 5.16. The topological polar surface area (TPSA) is 47.4 Å². The first kappa shape index (κ1) is 18.0. The fourth-order valence-corrected chi connectivity index (χ4v) is 3.58. The van der Waals surface area contributed by atoms with Gasteiger partial charge in [0.2, 0.25) is 0 Å². The van der Waals surface area contributed by atoms with Crippen LogP contribution in [0, 0.1) is 13.8 Å². The van der Waals surface area contributed by atoms with Gasteiger partial charge in [0.1, 0.15) is 5.15 Å². The molecule has 25 heavy (non-hydrogen) atoms. The van der Waals surface area contributed by atoms with Crippen molar-refractivity contribution in [2.24, 2.45) is 0 Å². The van der Waals surface area contributed by atoms with Crippen LogP contribution in [0.15, 0.2) is 24.3 Å². The zero-order chi connectivity index (χ0) is 18.1. The van der Waals surface area contributed by atoms with Crippen LogP contribution in [0.3, 0.4) is 0 Å². The number of aromatic nitrogens is 2. The van der Waals surface area contributed by atoms with E-state index >= 15 is 0 Å². The summed E-state index contributed by atoms with van der Waals surface area (Å²) in [6.45, 7) is 9.53. The molecule has 6 heteroatoms. The number of morpholine rings is 1. The molecule has 1 amide bonds. The molecule has 1 saturated heterocycles. The van der Waals surface area contributed by atoms with Crippen molar-refractivity contribution in [3.63, 3.8) is 0 Å². The second-order valence-electron chi connectivity index (χ2n) is 6.86.